The number of amides is 1. The molecule has 2 atom stereocenters. The molecule has 1 amide bonds. The fraction of sp³-hybridized carbons (Fsp3) is 0.700. The molecule has 0 saturated carbocycles. The number of ether oxygens (including phenoxy) is 3. The Labute approximate surface area is 244 Å². The topological polar surface area (TPSA) is 95.1 Å². The largest absolute Gasteiger partial charge is 0.466 e. The maximum atomic E-state index is 12.5. The zero-order valence-electron chi connectivity index (χ0n) is 24.7. The second-order valence-corrected chi connectivity index (χ2v) is 11.0. The molecule has 11 heteroatoms. The second kappa shape index (κ2) is 16.1. The van der Waals surface area contributed by atoms with E-state index in [9.17, 15) is 14.4 Å². The van der Waals surface area contributed by atoms with Gasteiger partial charge in [-0.15, -0.1) is 0 Å². The van der Waals surface area contributed by atoms with Gasteiger partial charge in [0, 0.05) is 72.0 Å². The van der Waals surface area contributed by atoms with Crippen LogP contribution in [-0.2, 0) is 30.3 Å². The van der Waals surface area contributed by atoms with Gasteiger partial charge in [0.2, 0.25) is 0 Å². The Morgan fingerprint density at radius 1 is 0.878 bits per heavy atom. The van der Waals surface area contributed by atoms with Crippen LogP contribution in [0.2, 0.25) is 0 Å². The van der Waals surface area contributed by atoms with E-state index in [2.05, 4.69) is 45.0 Å². The van der Waals surface area contributed by atoms with Crippen LogP contribution in [0.1, 0.15) is 32.3 Å². The van der Waals surface area contributed by atoms with E-state index >= 15 is 0 Å². The minimum atomic E-state index is -0.636. The monoisotopic (exact) mass is 573 g/mol. The third kappa shape index (κ3) is 9.66. The minimum absolute atomic E-state index is 0.00869. The molecule has 0 aliphatic carbocycles. The fourth-order valence-corrected chi connectivity index (χ4v) is 5.87. The number of nitrogens with zero attached hydrogens (tertiary/aromatic N) is 5. The highest BCUT2D eigenvalue weighted by Gasteiger charge is 2.36. The van der Waals surface area contributed by atoms with E-state index in [0.29, 0.717) is 32.7 Å². The van der Waals surface area contributed by atoms with Gasteiger partial charge in [-0.2, -0.15) is 0 Å². The van der Waals surface area contributed by atoms with Crippen molar-refractivity contribution in [2.75, 3.05) is 91.8 Å². The van der Waals surface area contributed by atoms with Gasteiger partial charge in [0.05, 0.1) is 26.2 Å². The van der Waals surface area contributed by atoms with Gasteiger partial charge >= 0.3 is 18.0 Å². The number of carbonyl (C=O) groups excluding carboxylic acids is 3. The predicted molar refractivity (Wildman–Crippen MR) is 154 cm³/mol. The van der Waals surface area contributed by atoms with Gasteiger partial charge in [-0.1, -0.05) is 30.3 Å². The molecule has 0 bridgehead atoms. The molecule has 0 aromatic heterocycles. The number of hydrogen-bond donors (Lipinski definition) is 0. The molecule has 0 radical (unpaired) electrons. The Kier molecular flexibility index (Phi) is 12.2. The summed E-state index contributed by atoms with van der Waals surface area (Å²) in [6.45, 7) is 15.0. The third-order valence-corrected chi connectivity index (χ3v) is 8.10. The summed E-state index contributed by atoms with van der Waals surface area (Å²) in [7, 11) is 0. The van der Waals surface area contributed by atoms with Crippen molar-refractivity contribution in [2.45, 2.75) is 45.4 Å². The van der Waals surface area contributed by atoms with Crippen molar-refractivity contribution >= 4 is 18.0 Å². The number of benzene rings is 1. The average molecular weight is 574 g/mol. The molecule has 3 aliphatic heterocycles. The maximum Gasteiger partial charge on any atom is 0.410 e. The molecule has 4 rings (SSSR count). The Balaban J connectivity index is 1.12. The SMILES string of the molecule is CCOC(=O)CC(C(=O)OCC)N1CCN(CC2CN(CCCN3CCN(Cc4ccccc4)CC3)C(=O)O2)CC1. The van der Waals surface area contributed by atoms with E-state index in [4.69, 9.17) is 14.2 Å². The van der Waals surface area contributed by atoms with E-state index < -0.39 is 12.0 Å². The summed E-state index contributed by atoms with van der Waals surface area (Å²) in [6.07, 6.45) is 0.550. The van der Waals surface area contributed by atoms with Crippen LogP contribution >= 0.6 is 0 Å². The third-order valence-electron chi connectivity index (χ3n) is 8.10. The van der Waals surface area contributed by atoms with Gasteiger partial charge in [0.15, 0.2) is 0 Å². The first-order valence-corrected chi connectivity index (χ1v) is 15.2. The average Bonchev–Trinajstić information content (AvgIpc) is 3.32. The van der Waals surface area contributed by atoms with Gasteiger partial charge in [0.1, 0.15) is 12.1 Å². The number of cyclic esters (lactones) is 1. The molecule has 228 valence electrons. The summed E-state index contributed by atoms with van der Waals surface area (Å²) in [6, 6.07) is 9.98. The van der Waals surface area contributed by atoms with Crippen LogP contribution in [0.15, 0.2) is 30.3 Å². The minimum Gasteiger partial charge on any atom is -0.466 e. The number of hydrogen-bond acceptors (Lipinski definition) is 10. The molecule has 3 saturated heterocycles. The Morgan fingerprint density at radius 3 is 2.22 bits per heavy atom. The summed E-state index contributed by atoms with van der Waals surface area (Å²) >= 11 is 0. The van der Waals surface area contributed by atoms with Crippen LogP contribution in [0.25, 0.3) is 0 Å². The van der Waals surface area contributed by atoms with Crippen LogP contribution in [0.4, 0.5) is 4.79 Å². The molecular weight excluding hydrogens is 526 g/mol. The molecule has 3 fully saturated rings. The van der Waals surface area contributed by atoms with Crippen LogP contribution in [-0.4, -0.2) is 146 Å². The molecule has 1 aromatic rings. The Hall–Kier alpha value is -2.73. The van der Waals surface area contributed by atoms with Crippen LogP contribution in [0.3, 0.4) is 0 Å². The smallest absolute Gasteiger partial charge is 0.410 e. The standard InChI is InChI=1S/C30H47N5O6/c1-3-39-28(36)21-27(29(37)40-4-2)34-19-17-33(18-20-34)23-26-24-35(30(38)41-26)12-8-11-31-13-15-32(16-14-31)22-25-9-6-5-7-10-25/h5-7,9-10,26-27H,3-4,8,11-24H2,1-2H3. The van der Waals surface area contributed by atoms with Crippen LogP contribution in [0, 0.1) is 0 Å². The fourth-order valence-electron chi connectivity index (χ4n) is 5.87. The maximum absolute atomic E-state index is 12.5. The normalized spacial score (nSPS) is 22.0. The van der Waals surface area contributed by atoms with Crippen LogP contribution < -0.4 is 0 Å². The molecule has 3 aliphatic rings. The predicted octanol–water partition coefficient (Wildman–Crippen LogP) is 1.52. The number of carbonyl (C=O) groups is 3. The van der Waals surface area contributed by atoms with Crippen molar-refractivity contribution < 1.29 is 28.6 Å². The number of rotatable bonds is 14. The lowest BCUT2D eigenvalue weighted by Gasteiger charge is -2.38. The van der Waals surface area contributed by atoms with Gasteiger partial charge in [-0.25, -0.2) is 4.79 Å². The molecule has 0 spiro atoms. The number of piperazine rings is 2. The van der Waals surface area contributed by atoms with E-state index in [1.165, 1.54) is 5.56 Å². The highest BCUT2D eigenvalue weighted by molar-refractivity contribution is 5.82. The van der Waals surface area contributed by atoms with E-state index in [1.54, 1.807) is 13.8 Å². The summed E-state index contributed by atoms with van der Waals surface area (Å²) in [5, 5.41) is 0. The summed E-state index contributed by atoms with van der Waals surface area (Å²) in [5.41, 5.74) is 1.36. The molecule has 41 heavy (non-hydrogen) atoms. The highest BCUT2D eigenvalue weighted by atomic mass is 16.6. The van der Waals surface area contributed by atoms with E-state index in [-0.39, 0.29) is 37.8 Å². The first-order valence-electron chi connectivity index (χ1n) is 15.2. The van der Waals surface area contributed by atoms with Gasteiger partial charge in [0.25, 0.3) is 0 Å². The van der Waals surface area contributed by atoms with Crippen molar-refractivity contribution in [2.24, 2.45) is 0 Å². The molecule has 11 nitrogen and oxygen atoms in total. The molecule has 0 N–H and O–H groups in total. The van der Waals surface area contributed by atoms with Gasteiger partial charge in [-0.05, 0) is 32.4 Å². The van der Waals surface area contributed by atoms with Crippen molar-refractivity contribution in [3.05, 3.63) is 35.9 Å². The summed E-state index contributed by atoms with van der Waals surface area (Å²) in [5.74, 6) is -0.778. The van der Waals surface area contributed by atoms with E-state index in [0.717, 1.165) is 58.8 Å². The molecule has 3 heterocycles. The first-order chi connectivity index (χ1) is 19.9. The lowest BCUT2D eigenvalue weighted by atomic mass is 10.1. The van der Waals surface area contributed by atoms with Gasteiger partial charge < -0.3 is 24.0 Å². The zero-order valence-corrected chi connectivity index (χ0v) is 24.7. The van der Waals surface area contributed by atoms with Crippen molar-refractivity contribution in [3.8, 4) is 0 Å². The lowest BCUT2D eigenvalue weighted by Crippen LogP contribution is -2.54. The molecular formula is C30H47N5O6. The quantitative estimate of drug-likeness (QED) is 0.241. The first kappa shape index (κ1) is 31.2. The number of esters is 2. The van der Waals surface area contributed by atoms with Gasteiger partial charge in [-0.3, -0.25) is 24.3 Å². The Bertz CT molecular complexity index is 965. The van der Waals surface area contributed by atoms with Crippen LogP contribution in [0.5, 0.6) is 0 Å². The Morgan fingerprint density at radius 2 is 1.54 bits per heavy atom. The highest BCUT2D eigenvalue weighted by Crippen LogP contribution is 2.17. The van der Waals surface area contributed by atoms with Crippen molar-refractivity contribution in [1.82, 2.24) is 24.5 Å². The lowest BCUT2D eigenvalue weighted by molar-refractivity contribution is -0.157. The van der Waals surface area contributed by atoms with Crippen molar-refractivity contribution in [1.29, 1.82) is 0 Å². The van der Waals surface area contributed by atoms with E-state index in [1.807, 2.05) is 9.80 Å². The molecule has 2 unspecified atom stereocenters. The zero-order chi connectivity index (χ0) is 29.0. The molecule has 1 aromatic carbocycles. The van der Waals surface area contributed by atoms with Crippen molar-refractivity contribution in [3.63, 3.8) is 0 Å². The summed E-state index contributed by atoms with van der Waals surface area (Å²) in [4.78, 5) is 48.2. The summed E-state index contributed by atoms with van der Waals surface area (Å²) < 4.78 is 16.0. The second-order valence-electron chi connectivity index (χ2n) is 11.0.